The van der Waals surface area contributed by atoms with Crippen molar-refractivity contribution in [2.45, 2.75) is 12.8 Å². The molecule has 4 heteroatoms. The van der Waals surface area contributed by atoms with Gasteiger partial charge in [0.1, 0.15) is 11.4 Å². The van der Waals surface area contributed by atoms with Crippen molar-refractivity contribution in [1.82, 2.24) is 10.1 Å². The minimum Gasteiger partial charge on any atom is -0.497 e. The van der Waals surface area contributed by atoms with Crippen LogP contribution in [0.15, 0.2) is 40.4 Å². The fraction of sp³-hybridized carbons (Fsp3) is 0.389. The maximum atomic E-state index is 5.51. The van der Waals surface area contributed by atoms with E-state index in [4.69, 9.17) is 9.26 Å². The van der Waals surface area contributed by atoms with Crippen molar-refractivity contribution in [3.8, 4) is 17.0 Å². The number of aromatic nitrogens is 1. The van der Waals surface area contributed by atoms with E-state index in [1.807, 2.05) is 30.3 Å². The zero-order chi connectivity index (χ0) is 14.9. The first-order chi connectivity index (χ1) is 10.8. The Morgan fingerprint density at radius 1 is 1.23 bits per heavy atom. The van der Waals surface area contributed by atoms with Crippen LogP contribution in [0.4, 0.5) is 0 Å². The molecule has 2 bridgehead atoms. The second kappa shape index (κ2) is 5.61. The minimum atomic E-state index is 0.736. The van der Waals surface area contributed by atoms with E-state index in [1.165, 1.54) is 31.5 Å². The van der Waals surface area contributed by atoms with E-state index in [2.05, 4.69) is 16.1 Å². The Hall–Kier alpha value is -2.07. The van der Waals surface area contributed by atoms with Gasteiger partial charge in [-0.05, 0) is 67.8 Å². The Bertz CT molecular complexity index is 679. The van der Waals surface area contributed by atoms with Gasteiger partial charge in [0.2, 0.25) is 0 Å². The van der Waals surface area contributed by atoms with Crippen LogP contribution in [-0.4, -0.2) is 36.8 Å². The van der Waals surface area contributed by atoms with E-state index in [0.717, 1.165) is 35.2 Å². The summed E-state index contributed by atoms with van der Waals surface area (Å²) in [6, 6.07) is 9.90. The van der Waals surface area contributed by atoms with Gasteiger partial charge < -0.3 is 9.26 Å². The van der Waals surface area contributed by atoms with Crippen LogP contribution >= 0.6 is 0 Å². The quantitative estimate of drug-likeness (QED) is 0.869. The second-order valence-electron chi connectivity index (χ2n) is 6.11. The molecule has 0 amide bonds. The SMILES string of the molecule is COc1ccc(-c2cc(/C=C3/CN4CCC3CC4)on2)cc1. The van der Waals surface area contributed by atoms with Crippen molar-refractivity contribution in [3.05, 3.63) is 41.7 Å². The van der Waals surface area contributed by atoms with Gasteiger partial charge in [-0.15, -0.1) is 0 Å². The highest BCUT2D eigenvalue weighted by Gasteiger charge is 2.29. The Labute approximate surface area is 130 Å². The molecule has 3 fully saturated rings. The number of methoxy groups -OCH3 is 1. The molecule has 0 unspecified atom stereocenters. The molecule has 0 atom stereocenters. The van der Waals surface area contributed by atoms with Crippen LogP contribution in [0.5, 0.6) is 5.75 Å². The number of piperidine rings is 3. The zero-order valence-corrected chi connectivity index (χ0v) is 12.8. The van der Waals surface area contributed by atoms with Crippen LogP contribution in [0.1, 0.15) is 18.6 Å². The van der Waals surface area contributed by atoms with Gasteiger partial charge in [-0.25, -0.2) is 0 Å². The van der Waals surface area contributed by atoms with E-state index in [-0.39, 0.29) is 0 Å². The highest BCUT2D eigenvalue weighted by Crippen LogP contribution is 2.33. The van der Waals surface area contributed by atoms with Crippen LogP contribution in [0, 0.1) is 5.92 Å². The smallest absolute Gasteiger partial charge is 0.160 e. The van der Waals surface area contributed by atoms with Crippen LogP contribution < -0.4 is 4.74 Å². The van der Waals surface area contributed by atoms with Crippen molar-refractivity contribution in [2.24, 2.45) is 5.92 Å². The molecule has 4 nitrogen and oxygen atoms in total. The average molecular weight is 296 g/mol. The molecule has 0 spiro atoms. The molecule has 3 saturated heterocycles. The van der Waals surface area contributed by atoms with Crippen molar-refractivity contribution in [2.75, 3.05) is 26.7 Å². The normalized spacial score (nSPS) is 25.6. The van der Waals surface area contributed by atoms with Crippen LogP contribution in [0.2, 0.25) is 0 Å². The molecule has 1 aromatic carbocycles. The summed E-state index contributed by atoms with van der Waals surface area (Å²) in [7, 11) is 1.67. The average Bonchev–Trinajstić information content (AvgIpc) is 3.04. The van der Waals surface area contributed by atoms with Crippen LogP contribution in [-0.2, 0) is 0 Å². The maximum Gasteiger partial charge on any atom is 0.160 e. The largest absolute Gasteiger partial charge is 0.497 e. The second-order valence-corrected chi connectivity index (χ2v) is 6.11. The highest BCUT2D eigenvalue weighted by molar-refractivity contribution is 5.63. The Morgan fingerprint density at radius 3 is 2.64 bits per heavy atom. The summed E-state index contributed by atoms with van der Waals surface area (Å²) in [6.07, 6.45) is 4.76. The molecule has 22 heavy (non-hydrogen) atoms. The molecule has 1 aromatic heterocycles. The number of benzene rings is 1. The van der Waals surface area contributed by atoms with E-state index in [0.29, 0.717) is 0 Å². The lowest BCUT2D eigenvalue weighted by molar-refractivity contribution is 0.163. The van der Waals surface area contributed by atoms with Gasteiger partial charge >= 0.3 is 0 Å². The van der Waals surface area contributed by atoms with Gasteiger partial charge in [0, 0.05) is 18.2 Å². The summed E-state index contributed by atoms with van der Waals surface area (Å²) in [4.78, 5) is 2.52. The molecule has 114 valence electrons. The van der Waals surface area contributed by atoms with Gasteiger partial charge in [-0.2, -0.15) is 0 Å². The Balaban J connectivity index is 1.56. The first-order valence-corrected chi connectivity index (χ1v) is 7.86. The molecule has 0 aliphatic carbocycles. The molecule has 3 aliphatic rings. The van der Waals surface area contributed by atoms with E-state index >= 15 is 0 Å². The molecule has 5 rings (SSSR count). The topological polar surface area (TPSA) is 38.5 Å². The number of nitrogens with zero attached hydrogens (tertiary/aromatic N) is 2. The predicted octanol–water partition coefficient (Wildman–Crippen LogP) is 3.46. The Morgan fingerprint density at radius 2 is 2.00 bits per heavy atom. The molecule has 0 radical (unpaired) electrons. The first kappa shape index (κ1) is 13.6. The molecule has 0 saturated carbocycles. The van der Waals surface area contributed by atoms with E-state index < -0.39 is 0 Å². The van der Waals surface area contributed by atoms with Crippen molar-refractivity contribution < 1.29 is 9.26 Å². The summed E-state index contributed by atoms with van der Waals surface area (Å²) in [6.45, 7) is 3.58. The monoisotopic (exact) mass is 296 g/mol. The number of hydrogen-bond acceptors (Lipinski definition) is 4. The van der Waals surface area contributed by atoms with Crippen molar-refractivity contribution in [3.63, 3.8) is 0 Å². The molecule has 4 heterocycles. The summed E-state index contributed by atoms with van der Waals surface area (Å²) < 4.78 is 10.7. The summed E-state index contributed by atoms with van der Waals surface area (Å²) in [5.41, 5.74) is 3.41. The number of fused-ring (bicyclic) bond motifs is 3. The fourth-order valence-electron chi connectivity index (χ4n) is 3.45. The third-order valence-corrected chi connectivity index (χ3v) is 4.76. The lowest BCUT2D eigenvalue weighted by Gasteiger charge is -2.40. The third-order valence-electron chi connectivity index (χ3n) is 4.76. The summed E-state index contributed by atoms with van der Waals surface area (Å²) in [5.74, 6) is 2.44. The standard InChI is InChI=1S/C18H20N2O2/c1-21-16-4-2-14(3-5-16)18-11-17(22-19-18)10-15-12-20-8-6-13(15)7-9-20/h2-5,10-11,13H,6-9,12H2,1H3/b15-10-. The van der Waals surface area contributed by atoms with Gasteiger partial charge in [-0.3, -0.25) is 4.90 Å². The van der Waals surface area contributed by atoms with Crippen LogP contribution in [0.3, 0.4) is 0 Å². The molecule has 0 N–H and O–H groups in total. The molecule has 3 aliphatic heterocycles. The zero-order valence-electron chi connectivity index (χ0n) is 12.8. The minimum absolute atomic E-state index is 0.736. The van der Waals surface area contributed by atoms with Crippen molar-refractivity contribution in [1.29, 1.82) is 0 Å². The number of ether oxygens (including phenoxy) is 1. The van der Waals surface area contributed by atoms with E-state index in [9.17, 15) is 0 Å². The number of hydrogen-bond donors (Lipinski definition) is 0. The fourth-order valence-corrected chi connectivity index (χ4v) is 3.45. The van der Waals surface area contributed by atoms with Gasteiger partial charge in [0.05, 0.1) is 7.11 Å². The van der Waals surface area contributed by atoms with Gasteiger partial charge in [-0.1, -0.05) is 5.16 Å². The highest BCUT2D eigenvalue weighted by atomic mass is 16.5. The van der Waals surface area contributed by atoms with E-state index in [1.54, 1.807) is 7.11 Å². The third kappa shape index (κ3) is 2.55. The van der Waals surface area contributed by atoms with Crippen LogP contribution in [0.25, 0.3) is 17.3 Å². The first-order valence-electron chi connectivity index (χ1n) is 7.86. The summed E-state index contributed by atoms with van der Waals surface area (Å²) in [5, 5.41) is 4.20. The molecule has 2 aromatic rings. The Kier molecular flexibility index (Phi) is 3.47. The number of rotatable bonds is 3. The molecular formula is C18H20N2O2. The van der Waals surface area contributed by atoms with Gasteiger partial charge in [0.15, 0.2) is 5.76 Å². The lowest BCUT2D eigenvalue weighted by Crippen LogP contribution is -2.42. The predicted molar refractivity (Wildman–Crippen MR) is 85.6 cm³/mol. The van der Waals surface area contributed by atoms with Crippen molar-refractivity contribution >= 4 is 6.08 Å². The lowest BCUT2D eigenvalue weighted by atomic mass is 9.83. The molecular weight excluding hydrogens is 276 g/mol. The summed E-state index contributed by atoms with van der Waals surface area (Å²) >= 11 is 0. The maximum absolute atomic E-state index is 5.51. The van der Waals surface area contributed by atoms with Gasteiger partial charge in [0.25, 0.3) is 0 Å².